The molecule has 0 aliphatic carbocycles. The molecule has 1 fully saturated rings. The van der Waals surface area contributed by atoms with Crippen molar-refractivity contribution >= 4 is 5.91 Å². The third-order valence-electron chi connectivity index (χ3n) is 3.71. The molecule has 92 valence electrons. The van der Waals surface area contributed by atoms with Crippen molar-refractivity contribution in [3.8, 4) is 0 Å². The largest absolute Gasteiger partial charge is 0.338 e. The lowest BCUT2D eigenvalue weighted by Gasteiger charge is -2.23. The summed E-state index contributed by atoms with van der Waals surface area (Å²) in [6.45, 7) is 6.37. The van der Waals surface area contributed by atoms with Crippen LogP contribution in [0.2, 0.25) is 0 Å². The molecule has 1 saturated heterocycles. The standard InChI is InChI=1S/C14H20N2O/c1-11-5-3-4-6-12(11)13(17)16-8-7-14(2,9-15)10-16/h3-6H,7-10,15H2,1-2H3. The molecule has 0 aromatic heterocycles. The number of aryl methyl sites for hydroxylation is 1. The summed E-state index contributed by atoms with van der Waals surface area (Å²) >= 11 is 0. The van der Waals surface area contributed by atoms with Gasteiger partial charge in [0.1, 0.15) is 0 Å². The van der Waals surface area contributed by atoms with Gasteiger partial charge in [-0.2, -0.15) is 0 Å². The summed E-state index contributed by atoms with van der Waals surface area (Å²) in [5.74, 6) is 0.139. The van der Waals surface area contributed by atoms with Crippen molar-refractivity contribution in [1.29, 1.82) is 0 Å². The Kier molecular flexibility index (Phi) is 3.20. The van der Waals surface area contributed by atoms with Crippen molar-refractivity contribution < 1.29 is 4.79 Å². The van der Waals surface area contributed by atoms with Gasteiger partial charge in [0.05, 0.1) is 0 Å². The summed E-state index contributed by atoms with van der Waals surface area (Å²) < 4.78 is 0. The number of hydrogen-bond acceptors (Lipinski definition) is 2. The zero-order chi connectivity index (χ0) is 12.5. The Labute approximate surface area is 103 Å². The maximum Gasteiger partial charge on any atom is 0.254 e. The Bertz CT molecular complexity index is 430. The Hall–Kier alpha value is -1.35. The first kappa shape index (κ1) is 12.1. The monoisotopic (exact) mass is 232 g/mol. The maximum atomic E-state index is 12.4. The van der Waals surface area contributed by atoms with Gasteiger partial charge in [-0.1, -0.05) is 25.1 Å². The lowest BCUT2D eigenvalue weighted by molar-refractivity contribution is 0.0776. The highest BCUT2D eigenvalue weighted by Crippen LogP contribution is 2.29. The topological polar surface area (TPSA) is 46.3 Å². The van der Waals surface area contributed by atoms with Crippen LogP contribution < -0.4 is 5.73 Å². The number of nitrogens with two attached hydrogens (primary N) is 1. The average molecular weight is 232 g/mol. The second-order valence-corrected chi connectivity index (χ2v) is 5.31. The van der Waals surface area contributed by atoms with Gasteiger partial charge in [-0.3, -0.25) is 4.79 Å². The van der Waals surface area contributed by atoms with Crippen LogP contribution in [0.3, 0.4) is 0 Å². The molecule has 1 atom stereocenters. The van der Waals surface area contributed by atoms with Gasteiger partial charge < -0.3 is 10.6 Å². The predicted molar refractivity (Wildman–Crippen MR) is 68.9 cm³/mol. The Morgan fingerprint density at radius 3 is 2.76 bits per heavy atom. The average Bonchev–Trinajstić information content (AvgIpc) is 2.73. The van der Waals surface area contributed by atoms with Crippen LogP contribution in [0.25, 0.3) is 0 Å². The number of likely N-dealkylation sites (tertiary alicyclic amines) is 1. The summed E-state index contributed by atoms with van der Waals surface area (Å²) in [6, 6.07) is 7.75. The van der Waals surface area contributed by atoms with Crippen LogP contribution in [0.15, 0.2) is 24.3 Å². The third kappa shape index (κ3) is 2.34. The van der Waals surface area contributed by atoms with E-state index >= 15 is 0 Å². The van der Waals surface area contributed by atoms with E-state index < -0.39 is 0 Å². The van der Waals surface area contributed by atoms with E-state index in [-0.39, 0.29) is 11.3 Å². The molecule has 3 heteroatoms. The van der Waals surface area contributed by atoms with Crippen molar-refractivity contribution in [1.82, 2.24) is 4.90 Å². The number of benzene rings is 1. The molecule has 2 N–H and O–H groups in total. The Balaban J connectivity index is 2.15. The van der Waals surface area contributed by atoms with E-state index in [9.17, 15) is 4.79 Å². The zero-order valence-corrected chi connectivity index (χ0v) is 10.6. The van der Waals surface area contributed by atoms with E-state index in [0.717, 1.165) is 30.6 Å². The molecule has 1 aromatic carbocycles. The second kappa shape index (κ2) is 4.49. The van der Waals surface area contributed by atoms with E-state index in [1.165, 1.54) is 0 Å². The first-order chi connectivity index (χ1) is 8.06. The first-order valence-corrected chi connectivity index (χ1v) is 6.11. The van der Waals surface area contributed by atoms with E-state index in [1.54, 1.807) is 0 Å². The fraction of sp³-hybridized carbons (Fsp3) is 0.500. The zero-order valence-electron chi connectivity index (χ0n) is 10.6. The highest BCUT2D eigenvalue weighted by atomic mass is 16.2. The van der Waals surface area contributed by atoms with Gasteiger partial charge in [0.15, 0.2) is 0 Å². The summed E-state index contributed by atoms with van der Waals surface area (Å²) in [7, 11) is 0. The number of hydrogen-bond donors (Lipinski definition) is 1. The molecule has 1 heterocycles. The van der Waals surface area contributed by atoms with E-state index in [2.05, 4.69) is 6.92 Å². The molecular formula is C14H20N2O. The van der Waals surface area contributed by atoms with Gasteiger partial charge in [-0.15, -0.1) is 0 Å². The number of amides is 1. The highest BCUT2D eigenvalue weighted by Gasteiger charge is 2.35. The van der Waals surface area contributed by atoms with Crippen molar-refractivity contribution in [3.05, 3.63) is 35.4 Å². The maximum absolute atomic E-state index is 12.4. The quantitative estimate of drug-likeness (QED) is 0.845. The van der Waals surface area contributed by atoms with Gasteiger partial charge in [0.2, 0.25) is 0 Å². The third-order valence-corrected chi connectivity index (χ3v) is 3.71. The summed E-state index contributed by atoms with van der Waals surface area (Å²) in [5, 5.41) is 0. The fourth-order valence-electron chi connectivity index (χ4n) is 2.35. The van der Waals surface area contributed by atoms with Crippen LogP contribution >= 0.6 is 0 Å². The van der Waals surface area contributed by atoms with Crippen LogP contribution in [0, 0.1) is 12.3 Å². The number of carbonyl (C=O) groups excluding carboxylic acids is 1. The number of nitrogens with zero attached hydrogens (tertiary/aromatic N) is 1. The smallest absolute Gasteiger partial charge is 0.254 e. The molecular weight excluding hydrogens is 212 g/mol. The molecule has 1 amide bonds. The second-order valence-electron chi connectivity index (χ2n) is 5.31. The van der Waals surface area contributed by atoms with Crippen LogP contribution in [0.1, 0.15) is 29.3 Å². The predicted octanol–water partition coefficient (Wildman–Crippen LogP) is 1.81. The van der Waals surface area contributed by atoms with Crippen molar-refractivity contribution in [2.75, 3.05) is 19.6 Å². The van der Waals surface area contributed by atoms with E-state index in [0.29, 0.717) is 6.54 Å². The normalized spacial score (nSPS) is 24.1. The Morgan fingerprint density at radius 2 is 2.18 bits per heavy atom. The van der Waals surface area contributed by atoms with Crippen LogP contribution in [0.5, 0.6) is 0 Å². The van der Waals surface area contributed by atoms with Crippen molar-refractivity contribution in [2.45, 2.75) is 20.3 Å². The van der Waals surface area contributed by atoms with Crippen LogP contribution in [-0.2, 0) is 0 Å². The minimum absolute atomic E-state index is 0.0956. The highest BCUT2D eigenvalue weighted by molar-refractivity contribution is 5.95. The minimum Gasteiger partial charge on any atom is -0.338 e. The first-order valence-electron chi connectivity index (χ1n) is 6.11. The lowest BCUT2D eigenvalue weighted by Crippen LogP contribution is -2.34. The van der Waals surface area contributed by atoms with Gasteiger partial charge in [0, 0.05) is 18.7 Å². The molecule has 1 aliphatic rings. The summed E-state index contributed by atoms with van der Waals surface area (Å²) in [5.41, 5.74) is 7.71. The van der Waals surface area contributed by atoms with E-state index in [4.69, 9.17) is 5.73 Å². The summed E-state index contributed by atoms with van der Waals surface area (Å²) in [4.78, 5) is 14.3. The van der Waals surface area contributed by atoms with Gasteiger partial charge >= 0.3 is 0 Å². The molecule has 17 heavy (non-hydrogen) atoms. The van der Waals surface area contributed by atoms with Crippen molar-refractivity contribution in [3.63, 3.8) is 0 Å². The molecule has 3 nitrogen and oxygen atoms in total. The molecule has 0 bridgehead atoms. The molecule has 1 aliphatic heterocycles. The van der Waals surface area contributed by atoms with Crippen LogP contribution in [0.4, 0.5) is 0 Å². The lowest BCUT2D eigenvalue weighted by atomic mass is 9.90. The van der Waals surface area contributed by atoms with Gasteiger partial charge in [0.25, 0.3) is 5.91 Å². The summed E-state index contributed by atoms with van der Waals surface area (Å²) in [6.07, 6.45) is 1.00. The van der Waals surface area contributed by atoms with Gasteiger partial charge in [-0.25, -0.2) is 0 Å². The Morgan fingerprint density at radius 1 is 1.47 bits per heavy atom. The van der Waals surface area contributed by atoms with Crippen LogP contribution in [-0.4, -0.2) is 30.4 Å². The van der Waals surface area contributed by atoms with E-state index in [1.807, 2.05) is 36.1 Å². The number of rotatable bonds is 2. The van der Waals surface area contributed by atoms with Crippen molar-refractivity contribution in [2.24, 2.45) is 11.1 Å². The SMILES string of the molecule is Cc1ccccc1C(=O)N1CCC(C)(CN)C1. The molecule has 2 rings (SSSR count). The molecule has 1 aromatic rings. The molecule has 1 unspecified atom stereocenters. The van der Waals surface area contributed by atoms with Gasteiger partial charge in [-0.05, 0) is 36.9 Å². The molecule has 0 saturated carbocycles. The minimum atomic E-state index is 0.0956. The number of carbonyl (C=O) groups is 1. The fourth-order valence-corrected chi connectivity index (χ4v) is 2.35. The molecule has 0 radical (unpaired) electrons. The molecule has 0 spiro atoms.